The highest BCUT2D eigenvalue weighted by molar-refractivity contribution is 5.99. The van der Waals surface area contributed by atoms with E-state index in [-0.39, 0.29) is 19.4 Å². The molecule has 2 unspecified atom stereocenters. The van der Waals surface area contributed by atoms with Gasteiger partial charge in [0.05, 0.1) is 13.7 Å². The number of hydrogen-bond donors (Lipinski definition) is 4. The Balaban J connectivity index is 2.56. The predicted molar refractivity (Wildman–Crippen MR) is 151 cm³/mol. The number of hydrogen-bond acceptors (Lipinski definition) is 7. The summed E-state index contributed by atoms with van der Waals surface area (Å²) >= 11 is 0. The van der Waals surface area contributed by atoms with E-state index in [1.807, 2.05) is 32.0 Å². The zero-order valence-electron chi connectivity index (χ0n) is 23.9. The number of carbonyl (C=O) groups is 4. The molecule has 0 spiro atoms. The molecule has 0 heterocycles. The maximum Gasteiger partial charge on any atom is 0.408 e. The maximum absolute atomic E-state index is 14.0. The number of carbonyl (C=O) groups excluding carboxylic acids is 4. The van der Waals surface area contributed by atoms with Gasteiger partial charge in [-0.2, -0.15) is 0 Å². The van der Waals surface area contributed by atoms with Crippen LogP contribution in [0.25, 0.3) is 0 Å². The summed E-state index contributed by atoms with van der Waals surface area (Å²) in [5.41, 5.74) is 7.03. The zero-order chi connectivity index (χ0) is 30.0. The molecule has 0 aliphatic rings. The summed E-state index contributed by atoms with van der Waals surface area (Å²) in [7, 11) is 1.53. The van der Waals surface area contributed by atoms with Crippen molar-refractivity contribution < 1.29 is 33.8 Å². The van der Waals surface area contributed by atoms with Gasteiger partial charge in [0, 0.05) is 18.7 Å². The lowest BCUT2D eigenvalue weighted by molar-refractivity contribution is -0.141. The number of nitrogens with one attached hydrogen (secondary N) is 2. The van der Waals surface area contributed by atoms with Crippen molar-refractivity contribution in [3.8, 4) is 5.75 Å². The Labute approximate surface area is 235 Å². The number of methoxy groups -OCH3 is 1. The van der Waals surface area contributed by atoms with E-state index in [9.17, 15) is 24.3 Å². The molecule has 5 N–H and O–H groups in total. The highest BCUT2D eigenvalue weighted by atomic mass is 16.6. The molecular weight excluding hydrogens is 516 g/mol. The minimum Gasteiger partial charge on any atom is -0.497 e. The van der Waals surface area contributed by atoms with Crippen molar-refractivity contribution in [2.75, 3.05) is 25.6 Å². The van der Waals surface area contributed by atoms with Crippen LogP contribution in [0.5, 0.6) is 5.75 Å². The average Bonchev–Trinajstić information content (AvgIpc) is 2.86. The first-order chi connectivity index (χ1) is 18.8. The number of nitrogens with zero attached hydrogens (tertiary/aromatic N) is 1. The molecule has 0 bridgehead atoms. The first-order valence-corrected chi connectivity index (χ1v) is 13.0. The number of amides is 4. The topological polar surface area (TPSA) is 160 Å². The number of ether oxygens (including phenoxy) is 2. The van der Waals surface area contributed by atoms with Crippen molar-refractivity contribution in [1.82, 2.24) is 10.2 Å². The highest BCUT2D eigenvalue weighted by Gasteiger charge is 2.37. The molecule has 0 saturated carbocycles. The van der Waals surface area contributed by atoms with Gasteiger partial charge < -0.3 is 35.8 Å². The molecule has 218 valence electrons. The number of anilines is 1. The summed E-state index contributed by atoms with van der Waals surface area (Å²) in [4.78, 5) is 53.3. The molecular formula is C29H40N4O7. The molecule has 11 heteroatoms. The van der Waals surface area contributed by atoms with Crippen LogP contribution in [0.4, 0.5) is 10.5 Å². The number of primary amides is 1. The smallest absolute Gasteiger partial charge is 0.408 e. The van der Waals surface area contributed by atoms with Crippen LogP contribution in [0.2, 0.25) is 0 Å². The molecule has 0 aliphatic carbocycles. The second-order valence-corrected chi connectivity index (χ2v) is 10.4. The van der Waals surface area contributed by atoms with Crippen molar-refractivity contribution in [3.63, 3.8) is 0 Å². The van der Waals surface area contributed by atoms with E-state index < -0.39 is 48.1 Å². The molecule has 0 fully saturated rings. The van der Waals surface area contributed by atoms with Gasteiger partial charge in [-0.25, -0.2) is 4.79 Å². The van der Waals surface area contributed by atoms with Gasteiger partial charge in [-0.1, -0.05) is 18.2 Å². The fourth-order valence-electron chi connectivity index (χ4n) is 4.24. The number of aliphatic hydroxyl groups is 1. The van der Waals surface area contributed by atoms with Crippen molar-refractivity contribution in [2.24, 2.45) is 5.73 Å². The molecule has 2 rings (SSSR count). The summed E-state index contributed by atoms with van der Waals surface area (Å²) < 4.78 is 10.5. The molecule has 0 saturated heterocycles. The molecule has 2 aromatic rings. The lowest BCUT2D eigenvalue weighted by Crippen LogP contribution is -2.53. The standard InChI is InChI=1S/C29H40N4O7/c1-18-8-7-9-19(2)24(18)25(26(36)31-20-10-12-21(39-6)13-11-20)33(16-17-34)27(37)22(14-15-23(30)35)32-28(38)40-29(3,4)5/h7-13,22,25,34H,14-17H2,1-6H3,(H2,30,35)(H,31,36)(H,32,38). The van der Waals surface area contributed by atoms with Gasteiger partial charge >= 0.3 is 6.09 Å². The average molecular weight is 557 g/mol. The summed E-state index contributed by atoms with van der Waals surface area (Å²) in [6, 6.07) is 9.74. The quantitative estimate of drug-likeness (QED) is 0.313. The third-order valence-electron chi connectivity index (χ3n) is 6.03. The van der Waals surface area contributed by atoms with Crippen molar-refractivity contribution >= 4 is 29.5 Å². The summed E-state index contributed by atoms with van der Waals surface area (Å²) in [5.74, 6) is -1.28. The Kier molecular flexibility index (Phi) is 11.5. The summed E-state index contributed by atoms with van der Waals surface area (Å²) in [6.07, 6.45) is -1.20. The second-order valence-electron chi connectivity index (χ2n) is 10.4. The lowest BCUT2D eigenvalue weighted by atomic mass is 9.93. The monoisotopic (exact) mass is 556 g/mol. The summed E-state index contributed by atoms with van der Waals surface area (Å²) in [6.45, 7) is 7.97. The van der Waals surface area contributed by atoms with Crippen molar-refractivity contribution in [3.05, 3.63) is 59.2 Å². The van der Waals surface area contributed by atoms with Crippen LogP contribution in [0.1, 0.15) is 56.3 Å². The van der Waals surface area contributed by atoms with Gasteiger partial charge in [-0.05, 0) is 82.0 Å². The second kappa shape index (κ2) is 14.3. The molecule has 2 atom stereocenters. The van der Waals surface area contributed by atoms with E-state index in [1.54, 1.807) is 45.0 Å². The van der Waals surface area contributed by atoms with Gasteiger partial charge in [-0.3, -0.25) is 14.4 Å². The fourth-order valence-corrected chi connectivity index (χ4v) is 4.24. The first kappa shape index (κ1) is 32.1. The molecule has 4 amide bonds. The number of nitrogens with two attached hydrogens (primary N) is 1. The maximum atomic E-state index is 14.0. The normalized spacial score (nSPS) is 12.6. The number of benzene rings is 2. The SMILES string of the molecule is COc1ccc(NC(=O)C(c2c(C)cccc2C)N(CCO)C(=O)C(CCC(N)=O)NC(=O)OC(C)(C)C)cc1. The third-order valence-corrected chi connectivity index (χ3v) is 6.03. The van der Waals surface area contributed by atoms with Gasteiger partial charge in [-0.15, -0.1) is 0 Å². The minimum atomic E-state index is -1.26. The van der Waals surface area contributed by atoms with E-state index in [0.29, 0.717) is 17.0 Å². The Morgan fingerprint density at radius 2 is 1.62 bits per heavy atom. The highest BCUT2D eigenvalue weighted by Crippen LogP contribution is 2.30. The Morgan fingerprint density at radius 3 is 2.12 bits per heavy atom. The van der Waals surface area contributed by atoms with E-state index in [1.165, 1.54) is 12.0 Å². The van der Waals surface area contributed by atoms with Gasteiger partial charge in [0.25, 0.3) is 5.91 Å². The van der Waals surface area contributed by atoms with E-state index in [0.717, 1.165) is 11.1 Å². The largest absolute Gasteiger partial charge is 0.497 e. The third kappa shape index (κ3) is 9.26. The number of rotatable bonds is 12. The number of alkyl carbamates (subject to hydrolysis) is 1. The Morgan fingerprint density at radius 1 is 1.02 bits per heavy atom. The van der Waals surface area contributed by atoms with Crippen LogP contribution >= 0.6 is 0 Å². The minimum absolute atomic E-state index is 0.130. The van der Waals surface area contributed by atoms with Crippen molar-refractivity contribution in [2.45, 2.75) is 65.1 Å². The van der Waals surface area contributed by atoms with E-state index in [2.05, 4.69) is 10.6 Å². The molecule has 0 aromatic heterocycles. The molecule has 40 heavy (non-hydrogen) atoms. The zero-order valence-corrected chi connectivity index (χ0v) is 23.9. The Bertz CT molecular complexity index is 1170. The molecule has 0 aliphatic heterocycles. The Hall–Kier alpha value is -4.12. The van der Waals surface area contributed by atoms with Crippen LogP contribution < -0.4 is 21.1 Å². The predicted octanol–water partition coefficient (Wildman–Crippen LogP) is 2.97. The molecule has 11 nitrogen and oxygen atoms in total. The first-order valence-electron chi connectivity index (χ1n) is 13.0. The number of aliphatic hydroxyl groups excluding tert-OH is 1. The van der Waals surface area contributed by atoms with Crippen LogP contribution in [0.3, 0.4) is 0 Å². The molecule has 2 aromatic carbocycles. The van der Waals surface area contributed by atoms with Crippen LogP contribution in [-0.2, 0) is 19.1 Å². The summed E-state index contributed by atoms with van der Waals surface area (Å²) in [5, 5.41) is 15.3. The van der Waals surface area contributed by atoms with Gasteiger partial charge in [0.2, 0.25) is 11.8 Å². The van der Waals surface area contributed by atoms with Crippen LogP contribution in [-0.4, -0.2) is 65.7 Å². The lowest BCUT2D eigenvalue weighted by Gasteiger charge is -2.35. The number of aryl methyl sites for hydroxylation is 2. The van der Waals surface area contributed by atoms with Crippen LogP contribution in [0.15, 0.2) is 42.5 Å². The van der Waals surface area contributed by atoms with Gasteiger partial charge in [0.15, 0.2) is 0 Å². The van der Waals surface area contributed by atoms with Crippen LogP contribution in [0, 0.1) is 13.8 Å². The fraction of sp³-hybridized carbons (Fsp3) is 0.448. The van der Waals surface area contributed by atoms with E-state index in [4.69, 9.17) is 15.2 Å². The van der Waals surface area contributed by atoms with E-state index >= 15 is 0 Å². The molecule has 0 radical (unpaired) electrons. The van der Waals surface area contributed by atoms with Crippen molar-refractivity contribution in [1.29, 1.82) is 0 Å². The van der Waals surface area contributed by atoms with Gasteiger partial charge in [0.1, 0.15) is 23.4 Å².